The third-order valence-electron chi connectivity index (χ3n) is 5.34. The summed E-state index contributed by atoms with van der Waals surface area (Å²) in [4.78, 5) is 11.9. The molecule has 0 aromatic rings. The fourth-order valence-corrected chi connectivity index (χ4v) is 3.61. The largest absolute Gasteiger partial charge is 0.314 e. The van der Waals surface area contributed by atoms with Gasteiger partial charge in [-0.2, -0.15) is 0 Å². The van der Waals surface area contributed by atoms with E-state index in [1.807, 2.05) is 5.01 Å². The summed E-state index contributed by atoms with van der Waals surface area (Å²) in [5.41, 5.74) is 3.02. The molecule has 0 saturated carbocycles. The summed E-state index contributed by atoms with van der Waals surface area (Å²) in [6.07, 6.45) is 18.3. The SMILES string of the molecule is CC(C)CCCCCCCCCCCCCCC(=O)NN1CCNCC1. The molecule has 154 valence electrons. The zero-order valence-corrected chi connectivity index (χ0v) is 17.7. The summed E-state index contributed by atoms with van der Waals surface area (Å²) in [6, 6.07) is 0. The van der Waals surface area contributed by atoms with Crippen LogP contribution in [0.1, 0.15) is 104 Å². The highest BCUT2D eigenvalue weighted by molar-refractivity contribution is 5.75. The van der Waals surface area contributed by atoms with Crippen molar-refractivity contribution in [3.63, 3.8) is 0 Å². The van der Waals surface area contributed by atoms with Crippen LogP contribution in [0.4, 0.5) is 0 Å². The highest BCUT2D eigenvalue weighted by Crippen LogP contribution is 2.14. The van der Waals surface area contributed by atoms with E-state index in [0.29, 0.717) is 6.42 Å². The first-order valence-electron chi connectivity index (χ1n) is 11.4. The van der Waals surface area contributed by atoms with Gasteiger partial charge in [0, 0.05) is 32.6 Å². The lowest BCUT2D eigenvalue weighted by atomic mass is 10.0. The molecule has 4 heteroatoms. The van der Waals surface area contributed by atoms with Gasteiger partial charge in [0.25, 0.3) is 0 Å². The number of carbonyl (C=O) groups is 1. The molecule has 1 rings (SSSR count). The smallest absolute Gasteiger partial charge is 0.234 e. The molecule has 1 amide bonds. The summed E-state index contributed by atoms with van der Waals surface area (Å²) in [6.45, 7) is 8.43. The van der Waals surface area contributed by atoms with Gasteiger partial charge < -0.3 is 5.32 Å². The Hall–Kier alpha value is -0.610. The fourth-order valence-electron chi connectivity index (χ4n) is 3.61. The zero-order valence-electron chi connectivity index (χ0n) is 17.7. The maximum absolute atomic E-state index is 11.9. The molecule has 1 fully saturated rings. The Morgan fingerprint density at radius 2 is 1.27 bits per heavy atom. The molecule has 26 heavy (non-hydrogen) atoms. The van der Waals surface area contributed by atoms with Gasteiger partial charge in [-0.1, -0.05) is 90.9 Å². The van der Waals surface area contributed by atoms with Crippen LogP contribution < -0.4 is 10.7 Å². The lowest BCUT2D eigenvalue weighted by molar-refractivity contribution is -0.126. The van der Waals surface area contributed by atoms with Crippen molar-refractivity contribution in [2.75, 3.05) is 26.2 Å². The highest BCUT2D eigenvalue weighted by atomic mass is 16.2. The van der Waals surface area contributed by atoms with E-state index in [1.165, 1.54) is 77.0 Å². The molecule has 1 aliphatic heterocycles. The molecule has 1 aliphatic rings. The third-order valence-corrected chi connectivity index (χ3v) is 5.34. The standard InChI is InChI=1S/C22H45N3O/c1-21(2)15-13-11-9-7-5-3-4-6-8-10-12-14-16-22(26)24-25-19-17-23-18-20-25/h21,23H,3-20H2,1-2H3,(H,24,26). The fraction of sp³-hybridized carbons (Fsp3) is 0.955. The molecule has 0 aliphatic carbocycles. The molecule has 1 saturated heterocycles. The minimum Gasteiger partial charge on any atom is -0.314 e. The number of hydrogen-bond donors (Lipinski definition) is 2. The van der Waals surface area contributed by atoms with Crippen LogP contribution >= 0.6 is 0 Å². The summed E-state index contributed by atoms with van der Waals surface area (Å²) in [7, 11) is 0. The van der Waals surface area contributed by atoms with Gasteiger partial charge >= 0.3 is 0 Å². The van der Waals surface area contributed by atoms with Gasteiger partial charge in [-0.3, -0.25) is 10.2 Å². The molecule has 0 unspecified atom stereocenters. The van der Waals surface area contributed by atoms with Gasteiger partial charge in [0.2, 0.25) is 5.91 Å². The van der Waals surface area contributed by atoms with Crippen LogP contribution in [0.25, 0.3) is 0 Å². The summed E-state index contributed by atoms with van der Waals surface area (Å²) in [5, 5.41) is 5.34. The molecular formula is C22H45N3O. The van der Waals surface area contributed by atoms with Crippen molar-refractivity contribution in [1.29, 1.82) is 0 Å². The molecular weight excluding hydrogens is 322 g/mol. The Morgan fingerprint density at radius 3 is 1.77 bits per heavy atom. The molecule has 1 heterocycles. The molecule has 0 aromatic carbocycles. The second kappa shape index (κ2) is 16.6. The van der Waals surface area contributed by atoms with Gasteiger partial charge in [0.15, 0.2) is 0 Å². The quantitative estimate of drug-likeness (QED) is 0.376. The van der Waals surface area contributed by atoms with E-state index in [9.17, 15) is 4.79 Å². The predicted molar refractivity (Wildman–Crippen MR) is 112 cm³/mol. The minimum atomic E-state index is 0.195. The Kier molecular flexibility index (Phi) is 14.9. The van der Waals surface area contributed by atoms with E-state index >= 15 is 0 Å². The second-order valence-electron chi connectivity index (χ2n) is 8.45. The van der Waals surface area contributed by atoms with E-state index in [4.69, 9.17) is 0 Å². The average molecular weight is 368 g/mol. The Labute approximate surface area is 162 Å². The van der Waals surface area contributed by atoms with Crippen LogP contribution in [-0.2, 0) is 4.79 Å². The average Bonchev–Trinajstić information content (AvgIpc) is 2.62. The monoisotopic (exact) mass is 367 g/mol. The molecule has 2 N–H and O–H groups in total. The van der Waals surface area contributed by atoms with Crippen molar-refractivity contribution in [2.24, 2.45) is 5.92 Å². The second-order valence-corrected chi connectivity index (χ2v) is 8.45. The summed E-state index contributed by atoms with van der Waals surface area (Å²) in [5.74, 6) is 1.07. The number of rotatable bonds is 16. The third kappa shape index (κ3) is 14.5. The normalized spacial score (nSPS) is 15.5. The number of hydrazine groups is 1. The number of hydrogen-bond acceptors (Lipinski definition) is 3. The zero-order chi connectivity index (χ0) is 18.9. The minimum absolute atomic E-state index is 0.195. The number of unbranched alkanes of at least 4 members (excludes halogenated alkanes) is 11. The number of piperazine rings is 1. The van der Waals surface area contributed by atoms with Gasteiger partial charge in [0.1, 0.15) is 0 Å². The van der Waals surface area contributed by atoms with Crippen LogP contribution in [0.15, 0.2) is 0 Å². The van der Waals surface area contributed by atoms with Crippen LogP contribution in [0.5, 0.6) is 0 Å². The van der Waals surface area contributed by atoms with Crippen molar-refractivity contribution in [1.82, 2.24) is 15.8 Å². The maximum Gasteiger partial charge on any atom is 0.234 e. The van der Waals surface area contributed by atoms with E-state index < -0.39 is 0 Å². The Bertz CT molecular complexity index is 327. The van der Waals surface area contributed by atoms with E-state index in [0.717, 1.165) is 38.5 Å². The first-order chi connectivity index (χ1) is 12.7. The van der Waals surface area contributed by atoms with E-state index in [-0.39, 0.29) is 5.91 Å². The number of carbonyl (C=O) groups excluding carboxylic acids is 1. The van der Waals surface area contributed by atoms with Crippen molar-refractivity contribution in [3.05, 3.63) is 0 Å². The lowest BCUT2D eigenvalue weighted by Gasteiger charge is -2.27. The predicted octanol–water partition coefficient (Wildman–Crippen LogP) is 5.04. The maximum atomic E-state index is 11.9. The van der Waals surface area contributed by atoms with E-state index in [1.54, 1.807) is 0 Å². The van der Waals surface area contributed by atoms with Crippen molar-refractivity contribution < 1.29 is 4.79 Å². The molecule has 0 aromatic heterocycles. The molecule has 0 radical (unpaired) electrons. The molecule has 4 nitrogen and oxygen atoms in total. The van der Waals surface area contributed by atoms with Gasteiger partial charge in [0.05, 0.1) is 0 Å². The highest BCUT2D eigenvalue weighted by Gasteiger charge is 2.11. The lowest BCUT2D eigenvalue weighted by Crippen LogP contribution is -2.52. The van der Waals surface area contributed by atoms with Crippen LogP contribution in [0.2, 0.25) is 0 Å². The molecule has 0 spiro atoms. The Balaban J connectivity index is 1.74. The molecule has 0 atom stereocenters. The van der Waals surface area contributed by atoms with Crippen LogP contribution in [-0.4, -0.2) is 37.1 Å². The number of nitrogens with zero attached hydrogens (tertiary/aromatic N) is 1. The van der Waals surface area contributed by atoms with Crippen molar-refractivity contribution in [3.8, 4) is 0 Å². The van der Waals surface area contributed by atoms with Crippen molar-refractivity contribution in [2.45, 2.75) is 104 Å². The van der Waals surface area contributed by atoms with Crippen molar-refractivity contribution >= 4 is 5.91 Å². The number of nitrogens with one attached hydrogen (secondary N) is 2. The number of amides is 1. The molecule has 0 bridgehead atoms. The summed E-state index contributed by atoms with van der Waals surface area (Å²) >= 11 is 0. The van der Waals surface area contributed by atoms with Gasteiger partial charge in [-0.25, -0.2) is 5.01 Å². The van der Waals surface area contributed by atoms with Crippen LogP contribution in [0, 0.1) is 5.92 Å². The van der Waals surface area contributed by atoms with Gasteiger partial charge in [-0.05, 0) is 12.3 Å². The first-order valence-corrected chi connectivity index (χ1v) is 11.4. The first kappa shape index (κ1) is 23.4. The van der Waals surface area contributed by atoms with Crippen LogP contribution in [0.3, 0.4) is 0 Å². The Morgan fingerprint density at radius 1 is 0.808 bits per heavy atom. The van der Waals surface area contributed by atoms with Gasteiger partial charge in [-0.15, -0.1) is 0 Å². The topological polar surface area (TPSA) is 44.4 Å². The summed E-state index contributed by atoms with van der Waals surface area (Å²) < 4.78 is 0. The van der Waals surface area contributed by atoms with E-state index in [2.05, 4.69) is 24.6 Å².